The highest BCUT2D eigenvalue weighted by Crippen LogP contribution is 2.25. The van der Waals surface area contributed by atoms with Crippen LogP contribution in [0.3, 0.4) is 0 Å². The first-order valence-electron chi connectivity index (χ1n) is 11.2. The van der Waals surface area contributed by atoms with E-state index in [1.165, 1.54) is 40.2 Å². The van der Waals surface area contributed by atoms with Gasteiger partial charge in [0, 0.05) is 37.4 Å². The average Bonchev–Trinajstić information content (AvgIpc) is 3.30. The van der Waals surface area contributed by atoms with E-state index in [-0.39, 0.29) is 17.5 Å². The number of anilines is 1. The lowest BCUT2D eigenvalue weighted by atomic mass is 10.1. The van der Waals surface area contributed by atoms with Crippen LogP contribution in [0.15, 0.2) is 78.9 Å². The second kappa shape index (κ2) is 9.09. The molecule has 3 aromatic carbocycles. The molecule has 4 aromatic rings. The zero-order valence-electron chi connectivity index (χ0n) is 18.8. The van der Waals surface area contributed by atoms with Crippen LogP contribution in [-0.2, 0) is 0 Å². The van der Waals surface area contributed by atoms with Gasteiger partial charge >= 0.3 is 0 Å². The van der Waals surface area contributed by atoms with E-state index < -0.39 is 0 Å². The van der Waals surface area contributed by atoms with Crippen LogP contribution in [0.25, 0.3) is 16.9 Å². The highest BCUT2D eigenvalue weighted by Gasteiger charge is 2.27. The lowest BCUT2D eigenvalue weighted by Crippen LogP contribution is -2.49. The Hall–Kier alpha value is -4.00. The van der Waals surface area contributed by atoms with E-state index in [1.807, 2.05) is 17.0 Å². The fourth-order valence-corrected chi connectivity index (χ4v) is 4.30. The Morgan fingerprint density at radius 2 is 1.44 bits per heavy atom. The van der Waals surface area contributed by atoms with Gasteiger partial charge in [-0.05, 0) is 73.2 Å². The summed E-state index contributed by atoms with van der Waals surface area (Å²) in [6.45, 7) is 4.70. The number of piperazine rings is 1. The molecule has 1 fully saturated rings. The smallest absolute Gasteiger partial charge is 0.272 e. The molecule has 2 heterocycles. The Bertz CT molecular complexity index is 1310. The molecule has 0 unspecified atom stereocenters. The van der Waals surface area contributed by atoms with E-state index in [9.17, 15) is 13.6 Å². The van der Waals surface area contributed by atoms with Gasteiger partial charge in [0.15, 0.2) is 0 Å². The van der Waals surface area contributed by atoms with Gasteiger partial charge in [-0.3, -0.25) is 4.79 Å². The highest BCUT2D eigenvalue weighted by molar-refractivity contribution is 5.94. The number of hydrogen-bond acceptors (Lipinski definition) is 3. The summed E-state index contributed by atoms with van der Waals surface area (Å²) >= 11 is 0. The van der Waals surface area contributed by atoms with Gasteiger partial charge in [-0.15, -0.1) is 0 Å². The second-order valence-corrected chi connectivity index (χ2v) is 8.38. The third-order valence-corrected chi connectivity index (χ3v) is 6.16. The van der Waals surface area contributed by atoms with Crippen molar-refractivity contribution < 1.29 is 13.6 Å². The maximum Gasteiger partial charge on any atom is 0.272 e. The molecule has 5 nitrogen and oxygen atoms in total. The molecular weight excluding hydrogens is 434 g/mol. The summed E-state index contributed by atoms with van der Waals surface area (Å²) in [6.07, 6.45) is 0. The largest absolute Gasteiger partial charge is 0.368 e. The fraction of sp³-hybridized carbons (Fsp3) is 0.185. The van der Waals surface area contributed by atoms with Crippen LogP contribution in [0.5, 0.6) is 0 Å². The molecule has 7 heteroatoms. The minimum atomic E-state index is -0.366. The van der Waals surface area contributed by atoms with Crippen LogP contribution in [0.2, 0.25) is 0 Å². The molecule has 0 aliphatic carbocycles. The summed E-state index contributed by atoms with van der Waals surface area (Å²) in [5, 5.41) is 4.61. The van der Waals surface area contributed by atoms with Gasteiger partial charge in [0.2, 0.25) is 0 Å². The van der Waals surface area contributed by atoms with E-state index in [1.54, 1.807) is 30.3 Å². The minimum Gasteiger partial charge on any atom is -0.368 e. The van der Waals surface area contributed by atoms with Crippen LogP contribution in [-0.4, -0.2) is 46.8 Å². The number of benzene rings is 3. The number of hydrogen-bond donors (Lipinski definition) is 0. The van der Waals surface area contributed by atoms with Crippen molar-refractivity contribution in [1.82, 2.24) is 14.7 Å². The molecule has 0 atom stereocenters. The predicted octanol–water partition coefficient (Wildman–Crippen LogP) is 5.09. The zero-order chi connectivity index (χ0) is 23.7. The number of amides is 1. The van der Waals surface area contributed by atoms with Gasteiger partial charge in [0.1, 0.15) is 17.3 Å². The van der Waals surface area contributed by atoms with Gasteiger partial charge in [-0.1, -0.05) is 18.2 Å². The molecule has 0 N–H and O–H groups in total. The quantitative estimate of drug-likeness (QED) is 0.428. The molecule has 5 rings (SSSR count). The van der Waals surface area contributed by atoms with E-state index in [0.717, 1.165) is 13.1 Å². The Morgan fingerprint density at radius 3 is 2.09 bits per heavy atom. The molecule has 0 spiro atoms. The summed E-state index contributed by atoms with van der Waals surface area (Å²) in [6, 6.07) is 21.8. The number of aromatic nitrogens is 2. The minimum absolute atomic E-state index is 0.144. The van der Waals surface area contributed by atoms with Crippen LogP contribution < -0.4 is 4.90 Å². The van der Waals surface area contributed by atoms with Gasteiger partial charge in [-0.2, -0.15) is 5.10 Å². The maximum atomic E-state index is 13.6. The van der Waals surface area contributed by atoms with Crippen molar-refractivity contribution in [1.29, 1.82) is 0 Å². The highest BCUT2D eigenvalue weighted by atomic mass is 19.1. The first-order chi connectivity index (χ1) is 16.5. The van der Waals surface area contributed by atoms with Gasteiger partial charge in [0.05, 0.1) is 11.4 Å². The maximum absolute atomic E-state index is 13.6. The van der Waals surface area contributed by atoms with Crippen molar-refractivity contribution in [2.24, 2.45) is 0 Å². The first-order valence-corrected chi connectivity index (χ1v) is 11.2. The second-order valence-electron chi connectivity index (χ2n) is 8.38. The third kappa shape index (κ3) is 4.29. The Balaban J connectivity index is 1.43. The first kappa shape index (κ1) is 21.8. The van der Waals surface area contributed by atoms with Crippen LogP contribution in [0.4, 0.5) is 14.5 Å². The molecular formula is C27H24F2N4O. The average molecular weight is 459 g/mol. The van der Waals surface area contributed by atoms with E-state index in [4.69, 9.17) is 0 Å². The van der Waals surface area contributed by atoms with E-state index in [2.05, 4.69) is 29.1 Å². The van der Waals surface area contributed by atoms with Crippen LogP contribution in [0, 0.1) is 18.6 Å². The number of carbonyl (C=O) groups is 1. The number of nitrogens with zero attached hydrogens (tertiary/aromatic N) is 4. The van der Waals surface area contributed by atoms with Crippen LogP contribution in [0.1, 0.15) is 16.1 Å². The number of rotatable bonds is 4. The molecule has 172 valence electrons. The van der Waals surface area contributed by atoms with Crippen LogP contribution >= 0.6 is 0 Å². The summed E-state index contributed by atoms with van der Waals surface area (Å²) in [7, 11) is 0. The molecule has 1 amide bonds. The fourth-order valence-electron chi connectivity index (χ4n) is 4.30. The van der Waals surface area contributed by atoms with Gasteiger partial charge in [0.25, 0.3) is 5.91 Å². The molecule has 1 aromatic heterocycles. The Morgan fingerprint density at radius 1 is 0.824 bits per heavy atom. The molecule has 1 aliphatic rings. The normalized spacial score (nSPS) is 13.9. The zero-order valence-corrected chi connectivity index (χ0v) is 18.8. The number of para-hydroxylation sites is 1. The van der Waals surface area contributed by atoms with E-state index in [0.29, 0.717) is 35.7 Å². The summed E-state index contributed by atoms with van der Waals surface area (Å²) in [4.78, 5) is 17.7. The van der Waals surface area contributed by atoms with Crippen molar-refractivity contribution in [3.8, 4) is 16.9 Å². The van der Waals surface area contributed by atoms with Crippen molar-refractivity contribution >= 4 is 11.6 Å². The van der Waals surface area contributed by atoms with Crippen molar-refractivity contribution in [3.05, 3.63) is 102 Å². The number of carbonyl (C=O) groups excluding carboxylic acids is 1. The SMILES string of the molecule is Cc1ccccc1N1CCN(C(=O)c2cc(-c3ccc(F)cc3)nn2-c2ccc(F)cc2)CC1. The molecule has 0 bridgehead atoms. The van der Waals surface area contributed by atoms with Crippen molar-refractivity contribution in [3.63, 3.8) is 0 Å². The Kier molecular flexibility index (Phi) is 5.84. The topological polar surface area (TPSA) is 41.4 Å². The summed E-state index contributed by atoms with van der Waals surface area (Å²) < 4.78 is 28.5. The van der Waals surface area contributed by atoms with Gasteiger partial charge in [-0.25, -0.2) is 13.5 Å². The monoisotopic (exact) mass is 458 g/mol. The lowest BCUT2D eigenvalue weighted by molar-refractivity contribution is 0.0737. The van der Waals surface area contributed by atoms with Crippen molar-refractivity contribution in [2.45, 2.75) is 6.92 Å². The molecule has 0 radical (unpaired) electrons. The lowest BCUT2D eigenvalue weighted by Gasteiger charge is -2.36. The molecule has 1 aliphatic heterocycles. The summed E-state index contributed by atoms with van der Waals surface area (Å²) in [5.41, 5.74) is 4.60. The third-order valence-electron chi connectivity index (χ3n) is 6.16. The van der Waals surface area contributed by atoms with E-state index >= 15 is 0 Å². The standard InChI is InChI=1S/C27H24F2N4O/c1-19-4-2-3-5-25(19)31-14-16-32(17-15-31)27(34)26-18-24(20-6-8-21(28)9-7-20)30-33(26)23-12-10-22(29)11-13-23/h2-13,18H,14-17H2,1H3. The van der Waals surface area contributed by atoms with Gasteiger partial charge < -0.3 is 9.80 Å². The number of halogens is 2. The Labute approximate surface area is 196 Å². The molecule has 1 saturated heterocycles. The molecule has 0 saturated carbocycles. The van der Waals surface area contributed by atoms with Crippen molar-refractivity contribution in [2.75, 3.05) is 31.1 Å². The molecule has 34 heavy (non-hydrogen) atoms. The predicted molar refractivity (Wildman–Crippen MR) is 128 cm³/mol. The summed E-state index contributed by atoms with van der Waals surface area (Å²) in [5.74, 6) is -0.853. The number of aryl methyl sites for hydroxylation is 1.